The number of carbonyl (C=O) groups is 1. The zero-order valence-corrected chi connectivity index (χ0v) is 19.6. The summed E-state index contributed by atoms with van der Waals surface area (Å²) in [6.45, 7) is 6.89. The van der Waals surface area contributed by atoms with Crippen LogP contribution in [0.2, 0.25) is 0 Å². The summed E-state index contributed by atoms with van der Waals surface area (Å²) in [4.78, 5) is 17.2. The summed E-state index contributed by atoms with van der Waals surface area (Å²) in [7, 11) is 0. The van der Waals surface area contributed by atoms with Gasteiger partial charge in [-0.25, -0.2) is 9.67 Å². The van der Waals surface area contributed by atoms with Crippen LogP contribution in [0.1, 0.15) is 41.0 Å². The van der Waals surface area contributed by atoms with Crippen molar-refractivity contribution in [1.29, 1.82) is 0 Å². The van der Waals surface area contributed by atoms with E-state index < -0.39 is 0 Å². The predicted molar refractivity (Wildman–Crippen MR) is 131 cm³/mol. The molecule has 2 heterocycles. The molecule has 2 aromatic heterocycles. The Hall–Kier alpha value is -4.13. The Morgan fingerprint density at radius 1 is 0.971 bits per heavy atom. The molecule has 4 rings (SSSR count). The summed E-state index contributed by atoms with van der Waals surface area (Å²) < 4.78 is 13.3. The van der Waals surface area contributed by atoms with Gasteiger partial charge < -0.3 is 14.8 Å². The average molecular weight is 457 g/mol. The second-order valence-electron chi connectivity index (χ2n) is 7.78. The van der Waals surface area contributed by atoms with Gasteiger partial charge in [-0.3, -0.25) is 4.79 Å². The van der Waals surface area contributed by atoms with Gasteiger partial charge in [0.25, 0.3) is 5.91 Å². The molecule has 0 atom stereocenters. The number of hydrogen-bond donors (Lipinski definition) is 1. The molecule has 0 unspecified atom stereocenters. The third-order valence-electron chi connectivity index (χ3n) is 5.34. The maximum atomic E-state index is 12.9. The number of rotatable bonds is 9. The summed E-state index contributed by atoms with van der Waals surface area (Å²) in [5, 5.41) is 7.42. The highest BCUT2D eigenvalue weighted by Gasteiger charge is 2.17. The van der Waals surface area contributed by atoms with E-state index in [1.54, 1.807) is 18.5 Å². The maximum absolute atomic E-state index is 12.9. The molecule has 7 heteroatoms. The number of nitrogens with zero attached hydrogens (tertiary/aromatic N) is 3. The molecule has 0 aliphatic carbocycles. The number of nitrogens with one attached hydrogen (secondary N) is 1. The van der Waals surface area contributed by atoms with Crippen molar-refractivity contribution < 1.29 is 14.3 Å². The van der Waals surface area contributed by atoms with E-state index in [0.717, 1.165) is 16.9 Å². The van der Waals surface area contributed by atoms with Crippen LogP contribution in [0.4, 0.5) is 0 Å². The summed E-state index contributed by atoms with van der Waals surface area (Å²) in [5.41, 5.74) is 4.42. The lowest BCUT2D eigenvalue weighted by Crippen LogP contribution is -2.23. The highest BCUT2D eigenvalue weighted by Crippen LogP contribution is 2.30. The van der Waals surface area contributed by atoms with Crippen LogP contribution in [0.15, 0.2) is 73.1 Å². The minimum atomic E-state index is -0.166. The second kappa shape index (κ2) is 10.7. The van der Waals surface area contributed by atoms with Crippen LogP contribution in [-0.4, -0.2) is 27.3 Å². The van der Waals surface area contributed by atoms with Gasteiger partial charge >= 0.3 is 0 Å². The summed E-state index contributed by atoms with van der Waals surface area (Å²) in [6, 6.07) is 19.2. The Kier molecular flexibility index (Phi) is 7.22. The number of hydrogen-bond acceptors (Lipinski definition) is 5. The first-order valence-electron chi connectivity index (χ1n) is 11.4. The summed E-state index contributed by atoms with van der Waals surface area (Å²) in [5.74, 6) is 1.56. The zero-order chi connectivity index (χ0) is 23.9. The molecule has 0 saturated heterocycles. The number of benzene rings is 2. The normalized spacial score (nSPS) is 10.7. The highest BCUT2D eigenvalue weighted by molar-refractivity contribution is 5.95. The Morgan fingerprint density at radius 2 is 1.74 bits per heavy atom. The first-order chi connectivity index (χ1) is 16.6. The molecule has 0 aliphatic rings. The Labute approximate surface area is 199 Å². The van der Waals surface area contributed by atoms with Crippen molar-refractivity contribution in [1.82, 2.24) is 20.1 Å². The molecule has 1 amide bonds. The average Bonchev–Trinajstić information content (AvgIpc) is 3.29. The fraction of sp³-hybridized carbons (Fsp3) is 0.222. The van der Waals surface area contributed by atoms with Gasteiger partial charge in [0, 0.05) is 18.8 Å². The molecule has 0 aliphatic heterocycles. The monoisotopic (exact) mass is 456 g/mol. The van der Waals surface area contributed by atoms with E-state index in [-0.39, 0.29) is 5.91 Å². The lowest BCUT2D eigenvalue weighted by Gasteiger charge is -2.11. The van der Waals surface area contributed by atoms with E-state index in [4.69, 9.17) is 9.47 Å². The van der Waals surface area contributed by atoms with E-state index in [9.17, 15) is 4.79 Å². The topological polar surface area (TPSA) is 78.3 Å². The Morgan fingerprint density at radius 3 is 2.41 bits per heavy atom. The van der Waals surface area contributed by atoms with Gasteiger partial charge in [0.2, 0.25) is 5.88 Å². The number of amides is 1. The van der Waals surface area contributed by atoms with Crippen molar-refractivity contribution >= 4 is 5.91 Å². The van der Waals surface area contributed by atoms with Crippen LogP contribution >= 0.6 is 0 Å². The molecular formula is C27H28N4O3. The van der Waals surface area contributed by atoms with Crippen LogP contribution in [0.3, 0.4) is 0 Å². The molecule has 0 radical (unpaired) electrons. The van der Waals surface area contributed by atoms with Crippen LogP contribution in [0.25, 0.3) is 5.69 Å². The van der Waals surface area contributed by atoms with E-state index in [2.05, 4.69) is 15.4 Å². The van der Waals surface area contributed by atoms with E-state index in [1.807, 2.05) is 80.1 Å². The fourth-order valence-electron chi connectivity index (χ4n) is 3.59. The minimum Gasteiger partial charge on any atom is -0.490 e. The van der Waals surface area contributed by atoms with Crippen LogP contribution in [0, 0.1) is 6.92 Å². The van der Waals surface area contributed by atoms with Gasteiger partial charge in [-0.15, -0.1) is 0 Å². The van der Waals surface area contributed by atoms with E-state index in [1.165, 1.54) is 5.56 Å². The van der Waals surface area contributed by atoms with Gasteiger partial charge in [0.1, 0.15) is 0 Å². The minimum absolute atomic E-state index is 0.166. The Bertz CT molecular complexity index is 1250. The van der Waals surface area contributed by atoms with Crippen LogP contribution < -0.4 is 14.8 Å². The second-order valence-corrected chi connectivity index (χ2v) is 7.78. The standard InChI is InChI=1S/C27H28N4O3/c1-4-23-22(18-30-31(23)21-13-10-19(3)11-14-21)27(32)29-17-20-12-15-26(28-16-20)34-25-9-7-6-8-24(25)33-5-2/h6-16,18H,4-5,17H2,1-3H3,(H,29,32). The first-order valence-corrected chi connectivity index (χ1v) is 11.4. The Balaban J connectivity index is 1.40. The quantitative estimate of drug-likeness (QED) is 0.372. The number of ether oxygens (including phenoxy) is 2. The summed E-state index contributed by atoms with van der Waals surface area (Å²) >= 11 is 0. The number of para-hydroxylation sites is 2. The molecule has 7 nitrogen and oxygen atoms in total. The highest BCUT2D eigenvalue weighted by atomic mass is 16.5. The van der Waals surface area contributed by atoms with Gasteiger partial charge in [0.15, 0.2) is 11.5 Å². The van der Waals surface area contributed by atoms with E-state index in [0.29, 0.717) is 42.5 Å². The summed E-state index contributed by atoms with van der Waals surface area (Å²) in [6.07, 6.45) is 4.00. The lowest BCUT2D eigenvalue weighted by molar-refractivity contribution is 0.0950. The smallest absolute Gasteiger partial charge is 0.255 e. The largest absolute Gasteiger partial charge is 0.490 e. The van der Waals surface area contributed by atoms with Crippen molar-refractivity contribution in [2.45, 2.75) is 33.7 Å². The number of aryl methyl sites for hydroxylation is 1. The van der Waals surface area contributed by atoms with Gasteiger partial charge in [0.05, 0.1) is 29.7 Å². The molecule has 174 valence electrons. The number of pyridine rings is 1. The fourth-order valence-corrected chi connectivity index (χ4v) is 3.59. The molecule has 0 spiro atoms. The zero-order valence-electron chi connectivity index (χ0n) is 19.6. The molecule has 1 N–H and O–H groups in total. The van der Waals surface area contributed by atoms with Crippen molar-refractivity contribution in [2.24, 2.45) is 0 Å². The SMILES string of the molecule is CCOc1ccccc1Oc1ccc(CNC(=O)c2cnn(-c3ccc(C)cc3)c2CC)cn1. The third kappa shape index (κ3) is 5.26. The number of aromatic nitrogens is 3. The molecule has 0 fully saturated rings. The first kappa shape index (κ1) is 23.0. The third-order valence-corrected chi connectivity index (χ3v) is 5.34. The molecule has 4 aromatic rings. The molecular weight excluding hydrogens is 428 g/mol. The van der Waals surface area contributed by atoms with Crippen molar-refractivity contribution in [3.63, 3.8) is 0 Å². The van der Waals surface area contributed by atoms with Crippen molar-refractivity contribution in [3.8, 4) is 23.1 Å². The van der Waals surface area contributed by atoms with Crippen LogP contribution in [-0.2, 0) is 13.0 Å². The molecule has 34 heavy (non-hydrogen) atoms. The van der Waals surface area contributed by atoms with Gasteiger partial charge in [-0.05, 0) is 50.1 Å². The molecule has 2 aromatic carbocycles. The maximum Gasteiger partial charge on any atom is 0.255 e. The van der Waals surface area contributed by atoms with Gasteiger partial charge in [-0.1, -0.05) is 42.8 Å². The molecule has 0 saturated carbocycles. The van der Waals surface area contributed by atoms with Gasteiger partial charge in [-0.2, -0.15) is 5.10 Å². The van der Waals surface area contributed by atoms with Crippen molar-refractivity contribution in [3.05, 3.63) is 95.4 Å². The number of carbonyl (C=O) groups excluding carboxylic acids is 1. The lowest BCUT2D eigenvalue weighted by atomic mass is 10.1. The predicted octanol–water partition coefficient (Wildman–Crippen LogP) is 5.26. The molecule has 0 bridgehead atoms. The van der Waals surface area contributed by atoms with Crippen molar-refractivity contribution in [2.75, 3.05) is 6.61 Å². The van der Waals surface area contributed by atoms with Crippen LogP contribution in [0.5, 0.6) is 17.4 Å². The van der Waals surface area contributed by atoms with E-state index >= 15 is 0 Å².